The number of hydrogen-bond acceptors (Lipinski definition) is 5. The first-order chi connectivity index (χ1) is 9.80. The van der Waals surface area contributed by atoms with Crippen LogP contribution in [-0.2, 0) is 0 Å². The predicted molar refractivity (Wildman–Crippen MR) is 87.8 cm³/mol. The Morgan fingerprint density at radius 2 is 1.65 bits per heavy atom. The first kappa shape index (κ1) is 14.3. The van der Waals surface area contributed by atoms with Gasteiger partial charge in [-0.25, -0.2) is 0 Å². The Bertz CT molecular complexity index is 713. The molecule has 0 aliphatic heterocycles. The van der Waals surface area contributed by atoms with Gasteiger partial charge in [0, 0.05) is 5.56 Å². The normalized spacial score (nSPS) is 9.25. The number of aliphatic imine (C=N–C) groups is 2. The van der Waals surface area contributed by atoms with E-state index in [4.69, 9.17) is 17.0 Å². The van der Waals surface area contributed by atoms with Crippen LogP contribution in [-0.4, -0.2) is 17.4 Å². The highest BCUT2D eigenvalue weighted by Gasteiger charge is 2.09. The van der Waals surface area contributed by atoms with Gasteiger partial charge in [-0.1, -0.05) is 24.3 Å². The number of nitrogens with zero attached hydrogens (tertiary/aromatic N) is 2. The molecule has 0 radical (unpaired) electrons. The third-order valence-electron chi connectivity index (χ3n) is 2.74. The number of ether oxygens (including phenoxy) is 1. The van der Waals surface area contributed by atoms with Crippen LogP contribution in [0.4, 0.5) is 11.4 Å². The molecule has 0 aliphatic carbocycles. The molecule has 0 unspecified atom stereocenters. The summed E-state index contributed by atoms with van der Waals surface area (Å²) in [7, 11) is 1.63. The van der Waals surface area contributed by atoms with Crippen LogP contribution in [0.15, 0.2) is 52.4 Å². The molecule has 98 valence electrons. The average molecular weight is 298 g/mol. The molecule has 0 atom stereocenters. The molecule has 3 nitrogen and oxygen atoms in total. The van der Waals surface area contributed by atoms with Crippen molar-refractivity contribution in [1.82, 2.24) is 0 Å². The van der Waals surface area contributed by atoms with E-state index in [9.17, 15) is 0 Å². The minimum atomic E-state index is 0.616. The summed E-state index contributed by atoms with van der Waals surface area (Å²) in [6, 6.07) is 13.3. The number of isothiocyanates is 2. The van der Waals surface area contributed by atoms with Gasteiger partial charge in [-0.2, -0.15) is 9.98 Å². The highest BCUT2D eigenvalue weighted by atomic mass is 32.1. The highest BCUT2D eigenvalue weighted by Crippen LogP contribution is 2.38. The predicted octanol–water partition coefficient (Wildman–Crippen LogP) is 4.83. The van der Waals surface area contributed by atoms with Crippen LogP contribution in [0, 0.1) is 0 Å². The van der Waals surface area contributed by atoms with Crippen LogP contribution in [0.1, 0.15) is 0 Å². The van der Waals surface area contributed by atoms with Gasteiger partial charge in [-0.05, 0) is 48.2 Å². The third kappa shape index (κ3) is 3.05. The minimum Gasteiger partial charge on any atom is -0.497 e. The second-order valence-electron chi connectivity index (χ2n) is 3.81. The molecular weight excluding hydrogens is 288 g/mol. The van der Waals surface area contributed by atoms with Gasteiger partial charge >= 0.3 is 0 Å². The zero-order valence-corrected chi connectivity index (χ0v) is 12.3. The van der Waals surface area contributed by atoms with Crippen molar-refractivity contribution in [3.63, 3.8) is 0 Å². The van der Waals surface area contributed by atoms with Crippen molar-refractivity contribution in [3.05, 3.63) is 42.5 Å². The number of thiocarbonyl (C=S) groups is 2. The van der Waals surface area contributed by atoms with Crippen LogP contribution in [0.25, 0.3) is 11.1 Å². The maximum absolute atomic E-state index is 5.15. The summed E-state index contributed by atoms with van der Waals surface area (Å²) in [5, 5.41) is 4.72. The van der Waals surface area contributed by atoms with E-state index in [2.05, 4.69) is 32.5 Å². The van der Waals surface area contributed by atoms with Gasteiger partial charge in [0.05, 0.1) is 17.4 Å². The van der Waals surface area contributed by atoms with Crippen LogP contribution in [0.3, 0.4) is 0 Å². The number of para-hydroxylation sites is 1. The molecule has 5 heteroatoms. The zero-order valence-electron chi connectivity index (χ0n) is 10.7. The van der Waals surface area contributed by atoms with E-state index in [1.165, 1.54) is 0 Å². The third-order valence-corrected chi connectivity index (χ3v) is 2.92. The molecular formula is C15H10N2OS2. The lowest BCUT2D eigenvalue weighted by atomic mass is 10.0. The Morgan fingerprint density at radius 3 is 2.25 bits per heavy atom. The van der Waals surface area contributed by atoms with Crippen molar-refractivity contribution in [1.29, 1.82) is 0 Å². The van der Waals surface area contributed by atoms with Gasteiger partial charge in [0.1, 0.15) is 17.1 Å². The van der Waals surface area contributed by atoms with Gasteiger partial charge < -0.3 is 4.74 Å². The molecule has 0 heterocycles. The van der Waals surface area contributed by atoms with E-state index in [1.54, 1.807) is 13.2 Å². The van der Waals surface area contributed by atoms with Crippen LogP contribution in [0.5, 0.6) is 5.75 Å². The number of benzene rings is 2. The van der Waals surface area contributed by atoms with Crippen molar-refractivity contribution in [2.75, 3.05) is 7.11 Å². The summed E-state index contributed by atoms with van der Waals surface area (Å²) in [5.74, 6) is 0.793. The van der Waals surface area contributed by atoms with Gasteiger partial charge in [-0.15, -0.1) is 0 Å². The second kappa shape index (κ2) is 6.85. The van der Waals surface area contributed by atoms with Gasteiger partial charge in [-0.3, -0.25) is 0 Å². The number of hydrogen-bond donors (Lipinski definition) is 0. The van der Waals surface area contributed by atoms with Crippen molar-refractivity contribution in [3.8, 4) is 16.9 Å². The van der Waals surface area contributed by atoms with Crippen LogP contribution < -0.4 is 4.74 Å². The SMILES string of the molecule is COc1ccc(-c2cccc(N=C=S)c2N=C=S)cc1. The van der Waals surface area contributed by atoms with Gasteiger partial charge in [0.25, 0.3) is 0 Å². The Balaban J connectivity index is 2.62. The van der Waals surface area contributed by atoms with Crippen molar-refractivity contribution < 1.29 is 4.74 Å². The van der Waals surface area contributed by atoms with Crippen molar-refractivity contribution in [2.24, 2.45) is 9.98 Å². The molecule has 0 spiro atoms. The summed E-state index contributed by atoms with van der Waals surface area (Å²) >= 11 is 9.35. The molecule has 0 amide bonds. The van der Waals surface area contributed by atoms with Gasteiger partial charge in [0.15, 0.2) is 0 Å². The average Bonchev–Trinajstić information content (AvgIpc) is 2.49. The molecule has 2 rings (SSSR count). The number of rotatable bonds is 4. The molecule has 2 aromatic rings. The Hall–Kier alpha value is -2.16. The van der Waals surface area contributed by atoms with Gasteiger partial charge in [0.2, 0.25) is 0 Å². The summed E-state index contributed by atoms with van der Waals surface area (Å²) in [6.45, 7) is 0. The zero-order chi connectivity index (χ0) is 14.4. The lowest BCUT2D eigenvalue weighted by Crippen LogP contribution is -1.83. The fraction of sp³-hybridized carbons (Fsp3) is 0.0667. The standard InChI is InChI=1S/C15H10N2OS2/c1-18-12-7-5-11(6-8-12)13-3-2-4-14(16-9-19)15(13)17-10-20/h2-8H,1H3. The lowest BCUT2D eigenvalue weighted by Gasteiger charge is -2.08. The largest absolute Gasteiger partial charge is 0.497 e. The maximum atomic E-state index is 5.15. The Kier molecular flexibility index (Phi) is 4.88. The fourth-order valence-corrected chi connectivity index (χ4v) is 2.03. The molecule has 0 aromatic heterocycles. The van der Waals surface area contributed by atoms with E-state index in [1.807, 2.05) is 36.4 Å². The summed E-state index contributed by atoms with van der Waals surface area (Å²) < 4.78 is 5.15. The van der Waals surface area contributed by atoms with E-state index < -0.39 is 0 Å². The Labute approximate surface area is 127 Å². The summed E-state index contributed by atoms with van der Waals surface area (Å²) in [5.41, 5.74) is 3.13. The summed E-state index contributed by atoms with van der Waals surface area (Å²) in [4.78, 5) is 8.10. The molecule has 0 fully saturated rings. The van der Waals surface area contributed by atoms with E-state index in [-0.39, 0.29) is 0 Å². The van der Waals surface area contributed by atoms with E-state index in [0.717, 1.165) is 16.9 Å². The second-order valence-corrected chi connectivity index (χ2v) is 4.17. The maximum Gasteiger partial charge on any atom is 0.118 e. The Morgan fingerprint density at radius 1 is 0.950 bits per heavy atom. The quantitative estimate of drug-likeness (QED) is 0.599. The van der Waals surface area contributed by atoms with E-state index >= 15 is 0 Å². The molecule has 0 saturated heterocycles. The molecule has 0 saturated carbocycles. The first-order valence-corrected chi connectivity index (χ1v) is 6.55. The highest BCUT2D eigenvalue weighted by molar-refractivity contribution is 7.78. The van der Waals surface area contributed by atoms with E-state index in [0.29, 0.717) is 11.4 Å². The number of methoxy groups -OCH3 is 1. The van der Waals surface area contributed by atoms with Crippen molar-refractivity contribution in [2.45, 2.75) is 0 Å². The van der Waals surface area contributed by atoms with Crippen LogP contribution >= 0.6 is 24.4 Å². The molecule has 20 heavy (non-hydrogen) atoms. The molecule has 0 bridgehead atoms. The topological polar surface area (TPSA) is 34.0 Å². The molecule has 0 N–H and O–H groups in total. The first-order valence-electron chi connectivity index (χ1n) is 5.73. The minimum absolute atomic E-state index is 0.616. The monoisotopic (exact) mass is 298 g/mol. The van der Waals surface area contributed by atoms with Crippen LogP contribution in [0.2, 0.25) is 0 Å². The smallest absolute Gasteiger partial charge is 0.118 e. The van der Waals surface area contributed by atoms with Crippen molar-refractivity contribution >= 4 is 46.1 Å². The lowest BCUT2D eigenvalue weighted by molar-refractivity contribution is 0.415. The molecule has 2 aromatic carbocycles. The molecule has 0 aliphatic rings. The fourth-order valence-electron chi connectivity index (χ4n) is 1.84. The summed E-state index contributed by atoms with van der Waals surface area (Å²) in [6.07, 6.45) is 0.